The van der Waals surface area contributed by atoms with Crippen LogP contribution in [0, 0.1) is 22.9 Å². The normalized spacial score (nSPS) is 23.8. The summed E-state index contributed by atoms with van der Waals surface area (Å²) in [4.78, 5) is 13.9. The Morgan fingerprint density at radius 2 is 1.76 bits per heavy atom. The molecular formula is C22H25F2N3O5S. The predicted molar refractivity (Wildman–Crippen MR) is 118 cm³/mol. The summed E-state index contributed by atoms with van der Waals surface area (Å²) in [5.41, 5.74) is -0.625. The van der Waals surface area contributed by atoms with E-state index in [0.717, 1.165) is 11.6 Å². The molecule has 0 N–H and O–H groups in total. The summed E-state index contributed by atoms with van der Waals surface area (Å²) in [7, 11) is -3.94. The van der Waals surface area contributed by atoms with Gasteiger partial charge >= 0.3 is 0 Å². The van der Waals surface area contributed by atoms with Crippen LogP contribution in [0.25, 0.3) is 0 Å². The van der Waals surface area contributed by atoms with Crippen LogP contribution < -0.4 is 4.90 Å². The van der Waals surface area contributed by atoms with Crippen molar-refractivity contribution in [3.63, 3.8) is 0 Å². The number of rotatable bonds is 7. The lowest BCUT2D eigenvalue weighted by Crippen LogP contribution is -2.56. The molecule has 0 spiro atoms. The topological polar surface area (TPSA) is 93.0 Å². The van der Waals surface area contributed by atoms with Crippen molar-refractivity contribution in [2.24, 2.45) is 0 Å². The quantitative estimate of drug-likeness (QED) is 0.340. The molecule has 178 valence electrons. The highest BCUT2D eigenvalue weighted by Crippen LogP contribution is 2.40. The largest absolute Gasteiger partial charge is 0.367 e. The number of hydrogen-bond donors (Lipinski definition) is 0. The van der Waals surface area contributed by atoms with Crippen LogP contribution in [0.3, 0.4) is 0 Å². The average molecular weight is 482 g/mol. The number of nitro benzene ring substituents is 1. The maximum Gasteiger partial charge on any atom is 0.297 e. The standard InChI is InChI=1S/C22H25F2N3O5S/c1-16-2-5-19(6-3-16)33(30,31)32-18-13-22(24,14-18)15-25-8-10-26(11-9-25)21-7-4-17(27(28)29)12-20(21)23/h2-7,12,18H,8-11,13-15H2,1H3. The Kier molecular flexibility index (Phi) is 6.39. The highest BCUT2D eigenvalue weighted by molar-refractivity contribution is 7.86. The van der Waals surface area contributed by atoms with E-state index in [-0.39, 0.29) is 35.7 Å². The SMILES string of the molecule is Cc1ccc(S(=O)(=O)OC2CC(F)(CN3CCN(c4ccc([N+](=O)[O-])cc4F)CC3)C2)cc1. The molecule has 0 bridgehead atoms. The second-order valence-corrected chi connectivity index (χ2v) is 10.3. The van der Waals surface area contributed by atoms with Crippen molar-refractivity contribution in [2.75, 3.05) is 37.6 Å². The average Bonchev–Trinajstić information content (AvgIpc) is 2.73. The summed E-state index contributed by atoms with van der Waals surface area (Å²) in [6, 6.07) is 9.86. The van der Waals surface area contributed by atoms with E-state index in [2.05, 4.69) is 0 Å². The fraction of sp³-hybridized carbons (Fsp3) is 0.455. The molecule has 2 aromatic rings. The first-order valence-electron chi connectivity index (χ1n) is 10.6. The number of alkyl halides is 1. The molecule has 2 aliphatic rings. The number of piperazine rings is 1. The molecule has 4 rings (SSSR count). The summed E-state index contributed by atoms with van der Waals surface area (Å²) in [6.07, 6.45) is -0.707. The van der Waals surface area contributed by atoms with Gasteiger partial charge in [0.2, 0.25) is 0 Å². The highest BCUT2D eigenvalue weighted by Gasteiger charge is 2.48. The minimum absolute atomic E-state index is 0.00468. The number of aryl methyl sites for hydroxylation is 1. The fourth-order valence-corrected chi connectivity index (χ4v) is 5.38. The molecule has 1 aliphatic heterocycles. The number of nitrogens with zero attached hydrogens (tertiary/aromatic N) is 3. The van der Waals surface area contributed by atoms with Gasteiger partial charge in [-0.1, -0.05) is 17.7 Å². The Bertz CT molecular complexity index is 1130. The Morgan fingerprint density at radius 3 is 2.33 bits per heavy atom. The predicted octanol–water partition coefficient (Wildman–Crippen LogP) is 3.44. The molecule has 0 radical (unpaired) electrons. The minimum Gasteiger partial charge on any atom is -0.367 e. The van der Waals surface area contributed by atoms with Crippen molar-refractivity contribution in [1.29, 1.82) is 0 Å². The molecule has 0 atom stereocenters. The van der Waals surface area contributed by atoms with Crippen molar-refractivity contribution >= 4 is 21.5 Å². The fourth-order valence-electron chi connectivity index (χ4n) is 4.31. The zero-order valence-electron chi connectivity index (χ0n) is 18.1. The van der Waals surface area contributed by atoms with Gasteiger partial charge in [-0.15, -0.1) is 0 Å². The van der Waals surface area contributed by atoms with E-state index < -0.39 is 32.6 Å². The molecule has 1 heterocycles. The molecule has 0 aromatic heterocycles. The van der Waals surface area contributed by atoms with Crippen LogP contribution in [0.2, 0.25) is 0 Å². The zero-order chi connectivity index (χ0) is 23.8. The first-order valence-corrected chi connectivity index (χ1v) is 12.1. The van der Waals surface area contributed by atoms with Crippen molar-refractivity contribution in [3.8, 4) is 0 Å². The van der Waals surface area contributed by atoms with Crippen LogP contribution in [0.4, 0.5) is 20.2 Å². The third-order valence-corrected chi connectivity index (χ3v) is 7.50. The Labute approximate surface area is 191 Å². The van der Waals surface area contributed by atoms with Crippen molar-refractivity contribution in [1.82, 2.24) is 4.90 Å². The van der Waals surface area contributed by atoms with Crippen LogP contribution in [0.15, 0.2) is 47.4 Å². The third kappa shape index (κ3) is 5.31. The van der Waals surface area contributed by atoms with Crippen LogP contribution in [-0.4, -0.2) is 62.7 Å². The number of benzene rings is 2. The summed E-state index contributed by atoms with van der Waals surface area (Å²) < 4.78 is 59.4. The first kappa shape index (κ1) is 23.5. The van der Waals surface area contributed by atoms with Gasteiger partial charge in [-0.2, -0.15) is 8.42 Å². The monoisotopic (exact) mass is 481 g/mol. The molecule has 11 heteroatoms. The number of anilines is 1. The van der Waals surface area contributed by atoms with Gasteiger partial charge in [-0.25, -0.2) is 8.78 Å². The molecular weight excluding hydrogens is 456 g/mol. The molecule has 1 saturated carbocycles. The van der Waals surface area contributed by atoms with Crippen LogP contribution in [0.5, 0.6) is 0 Å². The van der Waals surface area contributed by atoms with E-state index in [4.69, 9.17) is 4.18 Å². The Balaban J connectivity index is 1.27. The van der Waals surface area contributed by atoms with E-state index in [1.807, 2.05) is 11.8 Å². The van der Waals surface area contributed by atoms with Gasteiger partial charge in [0.25, 0.3) is 15.8 Å². The maximum absolute atomic E-state index is 15.1. The lowest BCUT2D eigenvalue weighted by molar-refractivity contribution is -0.385. The number of halogens is 2. The van der Waals surface area contributed by atoms with E-state index >= 15 is 4.39 Å². The minimum atomic E-state index is -3.94. The van der Waals surface area contributed by atoms with Gasteiger partial charge in [0.1, 0.15) is 5.67 Å². The van der Waals surface area contributed by atoms with Gasteiger partial charge in [0.05, 0.1) is 27.7 Å². The van der Waals surface area contributed by atoms with Gasteiger partial charge < -0.3 is 4.90 Å². The van der Waals surface area contributed by atoms with Crippen molar-refractivity contribution < 1.29 is 26.3 Å². The lowest BCUT2D eigenvalue weighted by atomic mass is 9.79. The lowest BCUT2D eigenvalue weighted by Gasteiger charge is -2.45. The molecule has 1 aliphatic carbocycles. The first-order chi connectivity index (χ1) is 15.5. The molecule has 0 amide bonds. The van der Waals surface area contributed by atoms with Gasteiger partial charge in [-0.3, -0.25) is 19.2 Å². The van der Waals surface area contributed by atoms with Crippen LogP contribution >= 0.6 is 0 Å². The molecule has 2 aromatic carbocycles. The second-order valence-electron chi connectivity index (χ2n) is 8.70. The van der Waals surface area contributed by atoms with E-state index in [0.29, 0.717) is 26.2 Å². The number of hydrogen-bond acceptors (Lipinski definition) is 7. The van der Waals surface area contributed by atoms with Crippen LogP contribution in [0.1, 0.15) is 18.4 Å². The van der Waals surface area contributed by atoms with E-state index in [9.17, 15) is 22.9 Å². The van der Waals surface area contributed by atoms with Gasteiger partial charge in [0, 0.05) is 51.6 Å². The second kappa shape index (κ2) is 8.96. The molecule has 0 unspecified atom stereocenters. The van der Waals surface area contributed by atoms with Crippen molar-refractivity contribution in [3.05, 3.63) is 64.0 Å². The smallest absolute Gasteiger partial charge is 0.297 e. The molecule has 2 fully saturated rings. The maximum atomic E-state index is 15.1. The summed E-state index contributed by atoms with van der Waals surface area (Å²) in [5, 5.41) is 10.8. The number of nitro groups is 1. The molecule has 1 saturated heterocycles. The van der Waals surface area contributed by atoms with Crippen LogP contribution in [-0.2, 0) is 14.3 Å². The summed E-state index contributed by atoms with van der Waals surface area (Å²) >= 11 is 0. The van der Waals surface area contributed by atoms with Crippen molar-refractivity contribution in [2.45, 2.75) is 36.4 Å². The van der Waals surface area contributed by atoms with Gasteiger partial charge in [-0.05, 0) is 25.1 Å². The summed E-state index contributed by atoms with van der Waals surface area (Å²) in [6.45, 7) is 3.89. The zero-order valence-corrected chi connectivity index (χ0v) is 18.9. The highest BCUT2D eigenvalue weighted by atomic mass is 32.2. The Hall–Kier alpha value is -2.63. The van der Waals surface area contributed by atoms with E-state index in [1.165, 1.54) is 24.3 Å². The molecule has 33 heavy (non-hydrogen) atoms. The Morgan fingerprint density at radius 1 is 1.12 bits per heavy atom. The summed E-state index contributed by atoms with van der Waals surface area (Å²) in [5.74, 6) is -0.659. The number of non-ortho nitro benzene ring substituents is 1. The van der Waals surface area contributed by atoms with E-state index in [1.54, 1.807) is 17.0 Å². The van der Waals surface area contributed by atoms with Gasteiger partial charge in [0.15, 0.2) is 5.82 Å². The third-order valence-electron chi connectivity index (χ3n) is 6.12. The molecule has 8 nitrogen and oxygen atoms in total.